The summed E-state index contributed by atoms with van der Waals surface area (Å²) in [5.41, 5.74) is 7.50. The molecule has 12 heteroatoms. The second kappa shape index (κ2) is 16.5. The minimum atomic E-state index is -0.634. The summed E-state index contributed by atoms with van der Waals surface area (Å²) < 4.78 is 0. The van der Waals surface area contributed by atoms with Gasteiger partial charge in [-0.2, -0.15) is 0 Å². The summed E-state index contributed by atoms with van der Waals surface area (Å²) in [4.78, 5) is 51.5. The Hall–Kier alpha value is -5.92. The van der Waals surface area contributed by atoms with Gasteiger partial charge in [0.2, 0.25) is 11.8 Å². The topological polar surface area (TPSA) is 145 Å². The normalized spacial score (nSPS) is 20.6. The van der Waals surface area contributed by atoms with E-state index in [1.807, 2.05) is 123 Å². The van der Waals surface area contributed by atoms with Crippen LogP contribution in [0, 0.1) is 0 Å². The summed E-state index contributed by atoms with van der Waals surface area (Å²) in [6.45, 7) is 0.505. The van der Waals surface area contributed by atoms with Gasteiger partial charge < -0.3 is 30.0 Å². The van der Waals surface area contributed by atoms with Crippen molar-refractivity contribution in [3.63, 3.8) is 0 Å². The lowest BCUT2D eigenvalue weighted by Gasteiger charge is -2.31. The van der Waals surface area contributed by atoms with Crippen molar-refractivity contribution in [2.75, 3.05) is 41.3 Å². The molecular formula is C46H50N8O4. The lowest BCUT2D eigenvalue weighted by atomic mass is 10.0. The molecule has 12 nitrogen and oxygen atoms in total. The number of hydrogen-bond acceptors (Lipinski definition) is 8. The second-order valence-electron chi connectivity index (χ2n) is 15.9. The zero-order chi connectivity index (χ0) is 40.5. The highest BCUT2D eigenvalue weighted by atomic mass is 16.3. The van der Waals surface area contributed by atoms with Gasteiger partial charge in [-0.25, -0.2) is 9.97 Å². The monoisotopic (exact) mass is 778 g/mol. The van der Waals surface area contributed by atoms with Crippen LogP contribution in [0.4, 0.5) is 0 Å². The molecule has 2 aliphatic heterocycles. The predicted octanol–water partition coefficient (Wildman–Crippen LogP) is 6.01. The molecule has 0 spiro atoms. The zero-order valence-electron chi connectivity index (χ0n) is 33.2. The Balaban J connectivity index is 0.946. The number of β-amino-alcohol motifs (C(OH)–C–C–N with tert-alkyl or cyclic N) is 2. The van der Waals surface area contributed by atoms with Crippen molar-refractivity contribution in [2.24, 2.45) is 0 Å². The molecular weight excluding hydrogens is 729 g/mol. The van der Waals surface area contributed by atoms with Crippen molar-refractivity contribution in [2.45, 2.75) is 49.2 Å². The molecule has 4 N–H and O–H groups in total. The molecule has 2 saturated heterocycles. The third kappa shape index (κ3) is 7.84. The lowest BCUT2D eigenvalue weighted by Crippen LogP contribution is -2.41. The maximum Gasteiger partial charge on any atom is 0.245 e. The molecule has 2 aromatic heterocycles. The van der Waals surface area contributed by atoms with Gasteiger partial charge in [0, 0.05) is 25.9 Å². The summed E-state index contributed by atoms with van der Waals surface area (Å²) in [6, 6.07) is 34.2. The van der Waals surface area contributed by atoms with Gasteiger partial charge in [0.1, 0.15) is 23.7 Å². The van der Waals surface area contributed by atoms with E-state index >= 15 is 0 Å². The number of imidazole rings is 2. The fourth-order valence-electron chi connectivity index (χ4n) is 8.53. The number of likely N-dealkylation sites (N-methyl/N-ethyl adjacent to an activating group) is 2. The highest BCUT2D eigenvalue weighted by Gasteiger charge is 2.42. The fourth-order valence-corrected chi connectivity index (χ4v) is 8.53. The molecule has 0 aliphatic carbocycles. The van der Waals surface area contributed by atoms with Crippen LogP contribution in [-0.2, 0) is 9.59 Å². The van der Waals surface area contributed by atoms with Gasteiger partial charge in [0.15, 0.2) is 0 Å². The van der Waals surface area contributed by atoms with E-state index in [4.69, 9.17) is 9.97 Å². The largest absolute Gasteiger partial charge is 0.391 e. The minimum Gasteiger partial charge on any atom is -0.391 e. The summed E-state index contributed by atoms with van der Waals surface area (Å²) in [5, 5.41) is 21.4. The number of rotatable bonds is 11. The number of nitrogens with one attached hydrogen (secondary N) is 2. The first kappa shape index (κ1) is 38.9. The fraction of sp³-hybridized carbons (Fsp3) is 0.304. The Bertz CT molecular complexity index is 2160. The van der Waals surface area contributed by atoms with Crippen LogP contribution in [-0.4, -0.2) is 115 Å². The molecule has 0 saturated carbocycles. The van der Waals surface area contributed by atoms with Crippen LogP contribution >= 0.6 is 0 Å². The highest BCUT2D eigenvalue weighted by molar-refractivity contribution is 5.85. The third-order valence-electron chi connectivity index (χ3n) is 11.4. The smallest absolute Gasteiger partial charge is 0.245 e. The van der Waals surface area contributed by atoms with Crippen molar-refractivity contribution >= 4 is 11.8 Å². The van der Waals surface area contributed by atoms with Gasteiger partial charge in [-0.3, -0.25) is 19.4 Å². The molecule has 298 valence electrons. The minimum absolute atomic E-state index is 0.0661. The second-order valence-corrected chi connectivity index (χ2v) is 15.9. The number of carbonyl (C=O) groups is 2. The van der Waals surface area contributed by atoms with E-state index in [-0.39, 0.29) is 37.0 Å². The number of carbonyl (C=O) groups excluding carboxylic acids is 2. The van der Waals surface area contributed by atoms with Crippen LogP contribution in [0.3, 0.4) is 0 Å². The van der Waals surface area contributed by atoms with Gasteiger partial charge in [0.05, 0.1) is 48.1 Å². The summed E-state index contributed by atoms with van der Waals surface area (Å²) in [7, 11) is 7.58. The number of aromatic amines is 2. The van der Waals surface area contributed by atoms with Crippen molar-refractivity contribution < 1.29 is 19.8 Å². The quantitative estimate of drug-likeness (QED) is 0.125. The summed E-state index contributed by atoms with van der Waals surface area (Å²) in [5.74, 6) is 1.17. The lowest BCUT2D eigenvalue weighted by molar-refractivity contribution is -0.138. The van der Waals surface area contributed by atoms with Crippen LogP contribution in [0.15, 0.2) is 122 Å². The molecule has 2 aliphatic rings. The molecule has 58 heavy (non-hydrogen) atoms. The number of aliphatic hydroxyl groups excluding tert-OH is 2. The summed E-state index contributed by atoms with van der Waals surface area (Å²) in [6.07, 6.45) is 3.14. The first-order chi connectivity index (χ1) is 28.0. The Kier molecular flexibility index (Phi) is 11.1. The van der Waals surface area contributed by atoms with Gasteiger partial charge >= 0.3 is 0 Å². The van der Waals surface area contributed by atoms with Crippen molar-refractivity contribution in [3.8, 4) is 33.6 Å². The number of amides is 2. The van der Waals surface area contributed by atoms with E-state index in [0.29, 0.717) is 24.5 Å². The van der Waals surface area contributed by atoms with Crippen molar-refractivity contribution in [3.05, 3.63) is 144 Å². The van der Waals surface area contributed by atoms with E-state index in [1.54, 1.807) is 22.2 Å². The number of aromatic nitrogens is 4. The molecule has 2 amide bonds. The number of nitrogens with zero attached hydrogens (tertiary/aromatic N) is 6. The molecule has 0 radical (unpaired) electrons. The van der Waals surface area contributed by atoms with E-state index < -0.39 is 24.3 Å². The molecule has 4 heterocycles. The number of benzene rings is 4. The molecule has 6 atom stereocenters. The van der Waals surface area contributed by atoms with E-state index in [1.165, 1.54) is 0 Å². The first-order valence-electron chi connectivity index (χ1n) is 19.8. The average molecular weight is 779 g/mol. The zero-order valence-corrected chi connectivity index (χ0v) is 33.2. The number of hydrogen-bond donors (Lipinski definition) is 4. The van der Waals surface area contributed by atoms with Crippen LogP contribution in [0.1, 0.15) is 59.8 Å². The van der Waals surface area contributed by atoms with Crippen LogP contribution in [0.5, 0.6) is 0 Å². The van der Waals surface area contributed by atoms with Crippen molar-refractivity contribution in [1.29, 1.82) is 0 Å². The van der Waals surface area contributed by atoms with Crippen LogP contribution in [0.2, 0.25) is 0 Å². The number of likely N-dealkylation sites (tertiary alicyclic amines) is 2. The maximum atomic E-state index is 14.0. The third-order valence-corrected chi connectivity index (χ3v) is 11.4. The van der Waals surface area contributed by atoms with Gasteiger partial charge in [-0.05, 0) is 61.6 Å². The number of aliphatic hydroxyl groups is 2. The summed E-state index contributed by atoms with van der Waals surface area (Å²) >= 11 is 0. The Morgan fingerprint density at radius 1 is 0.569 bits per heavy atom. The molecule has 0 unspecified atom stereocenters. The van der Waals surface area contributed by atoms with E-state index in [9.17, 15) is 19.8 Å². The molecule has 4 aromatic carbocycles. The Labute approximate surface area is 338 Å². The predicted molar refractivity (Wildman–Crippen MR) is 223 cm³/mol. The molecule has 0 bridgehead atoms. The molecule has 2 fully saturated rings. The Morgan fingerprint density at radius 2 is 0.914 bits per heavy atom. The van der Waals surface area contributed by atoms with Gasteiger partial charge in [0.25, 0.3) is 0 Å². The first-order valence-corrected chi connectivity index (χ1v) is 19.8. The highest BCUT2D eigenvalue weighted by Crippen LogP contribution is 2.37. The van der Waals surface area contributed by atoms with Crippen LogP contribution in [0.25, 0.3) is 33.6 Å². The van der Waals surface area contributed by atoms with Gasteiger partial charge in [-0.15, -0.1) is 0 Å². The molecule has 6 aromatic rings. The van der Waals surface area contributed by atoms with E-state index in [2.05, 4.69) is 34.2 Å². The number of H-pyrrole nitrogens is 2. The van der Waals surface area contributed by atoms with Crippen molar-refractivity contribution in [1.82, 2.24) is 39.5 Å². The van der Waals surface area contributed by atoms with Crippen LogP contribution < -0.4 is 0 Å². The molecule has 8 rings (SSSR count). The SMILES string of the molecule is CN(C)[C@@H](C(=O)N1C[C@H](O)C[C@H]1c1ncc(-c2ccc(-c3ccc(-c4cnc([C@@H]5C[C@H](O)CN5C(=O)[C@@H](c5ccccc5)N(C)C)[nH]4)cc3)cc2)[nH]1)c1ccccc1. The maximum absolute atomic E-state index is 14.0. The van der Waals surface area contributed by atoms with Gasteiger partial charge in [-0.1, -0.05) is 109 Å². The standard InChI is InChI=1S/C46H50N8O4/c1-51(2)41(33-11-7-5-8-12-33)45(57)53-27-35(55)23-39(53)43-47-25-37(49-43)31-19-15-29(16-20-31)30-17-21-32(22-18-30)38-26-48-44(50-38)40-24-36(56)28-54(40)46(58)42(52(3)4)34-13-9-6-10-14-34/h5-22,25-26,35-36,39-42,55-56H,23-24,27-28H2,1-4H3,(H,47,49)(H,48,50)/t35-,36+,39-,40-,41+,42+/m0/s1. The Morgan fingerprint density at radius 3 is 1.26 bits per heavy atom. The van der Waals surface area contributed by atoms with E-state index in [0.717, 1.165) is 44.8 Å². The average Bonchev–Trinajstić information content (AvgIpc) is 4.06.